The molecule has 8 heteroatoms. The van der Waals surface area contributed by atoms with Crippen molar-refractivity contribution in [2.45, 2.75) is 13.8 Å². The largest absolute Gasteiger partial charge is 0.322 e. The second-order valence-electron chi connectivity index (χ2n) is 5.18. The van der Waals surface area contributed by atoms with E-state index < -0.39 is 15.8 Å². The molecule has 1 saturated heterocycles. The normalized spacial score (nSPS) is 16.6. The summed E-state index contributed by atoms with van der Waals surface area (Å²) in [7, 11) is -3.22. The van der Waals surface area contributed by atoms with E-state index in [9.17, 15) is 17.6 Å². The number of hydrogen-bond donors (Lipinski definition) is 1. The molecule has 0 aromatic heterocycles. The number of piperazine rings is 1. The molecule has 1 N–H and O–H groups in total. The van der Waals surface area contributed by atoms with Crippen molar-refractivity contribution < 1.29 is 17.6 Å². The highest BCUT2D eigenvalue weighted by molar-refractivity contribution is 7.89. The van der Waals surface area contributed by atoms with Gasteiger partial charge in [-0.25, -0.2) is 17.6 Å². The summed E-state index contributed by atoms with van der Waals surface area (Å²) in [6.45, 7) is 4.58. The molecule has 1 aromatic carbocycles. The average molecular weight is 329 g/mol. The zero-order chi connectivity index (χ0) is 16.3. The van der Waals surface area contributed by atoms with Gasteiger partial charge in [-0.1, -0.05) is 6.07 Å². The summed E-state index contributed by atoms with van der Waals surface area (Å²) in [5, 5.41) is 2.67. The summed E-state index contributed by atoms with van der Waals surface area (Å²) in [4.78, 5) is 13.7. The van der Waals surface area contributed by atoms with Crippen LogP contribution in [0.5, 0.6) is 0 Å². The number of hydrogen-bond acceptors (Lipinski definition) is 3. The third-order valence-corrected chi connectivity index (χ3v) is 5.61. The van der Waals surface area contributed by atoms with Gasteiger partial charge in [-0.2, -0.15) is 4.31 Å². The molecule has 0 bridgehead atoms. The van der Waals surface area contributed by atoms with Gasteiger partial charge in [0.25, 0.3) is 0 Å². The molecule has 1 aliphatic rings. The van der Waals surface area contributed by atoms with Gasteiger partial charge in [0, 0.05) is 31.9 Å². The van der Waals surface area contributed by atoms with Crippen LogP contribution in [0.3, 0.4) is 0 Å². The molecule has 6 nitrogen and oxygen atoms in total. The molecule has 122 valence electrons. The Morgan fingerprint density at radius 1 is 1.27 bits per heavy atom. The van der Waals surface area contributed by atoms with Crippen LogP contribution in [0.2, 0.25) is 0 Å². The predicted octanol–water partition coefficient (Wildman–Crippen LogP) is 1.63. The molecule has 2 amide bonds. The number of halogens is 1. The first-order chi connectivity index (χ1) is 10.3. The van der Waals surface area contributed by atoms with E-state index in [2.05, 4.69) is 5.32 Å². The van der Waals surface area contributed by atoms with Crippen molar-refractivity contribution in [3.05, 3.63) is 29.6 Å². The van der Waals surface area contributed by atoms with Crippen molar-refractivity contribution in [1.29, 1.82) is 0 Å². The Labute approximate surface area is 130 Å². The molecule has 0 saturated carbocycles. The molecule has 0 unspecified atom stereocenters. The van der Waals surface area contributed by atoms with E-state index in [0.717, 1.165) is 5.56 Å². The second-order valence-corrected chi connectivity index (χ2v) is 7.43. The van der Waals surface area contributed by atoms with Crippen molar-refractivity contribution >= 4 is 21.7 Å². The van der Waals surface area contributed by atoms with Crippen molar-refractivity contribution in [3.63, 3.8) is 0 Å². The standard InChI is InChI=1S/C14H20FN3O3S/c1-3-22(20,21)18-8-6-17(7-9-18)14(19)16-13-10-12(15)5-4-11(13)2/h4-5,10H,3,6-9H2,1-2H3,(H,16,19). The van der Waals surface area contributed by atoms with Gasteiger partial charge in [0.15, 0.2) is 0 Å². The fraction of sp³-hybridized carbons (Fsp3) is 0.500. The van der Waals surface area contributed by atoms with E-state index in [4.69, 9.17) is 0 Å². The number of anilines is 1. The Morgan fingerprint density at radius 3 is 2.50 bits per heavy atom. The molecule has 2 rings (SSSR count). The molecule has 1 aromatic rings. The van der Waals surface area contributed by atoms with Crippen LogP contribution in [0.1, 0.15) is 12.5 Å². The Balaban J connectivity index is 1.97. The molecule has 1 heterocycles. The minimum atomic E-state index is -3.22. The molecule has 0 radical (unpaired) electrons. The third kappa shape index (κ3) is 3.75. The van der Waals surface area contributed by atoms with Crippen LogP contribution in [0.4, 0.5) is 14.9 Å². The van der Waals surface area contributed by atoms with Crippen molar-refractivity contribution in [2.75, 3.05) is 37.2 Å². The lowest BCUT2D eigenvalue weighted by atomic mass is 10.2. The highest BCUT2D eigenvalue weighted by Crippen LogP contribution is 2.17. The van der Waals surface area contributed by atoms with Gasteiger partial charge in [0.05, 0.1) is 5.75 Å². The first-order valence-electron chi connectivity index (χ1n) is 7.13. The number of carbonyl (C=O) groups is 1. The summed E-state index contributed by atoms with van der Waals surface area (Å²) in [6.07, 6.45) is 0. The van der Waals surface area contributed by atoms with Gasteiger partial charge < -0.3 is 10.2 Å². The summed E-state index contributed by atoms with van der Waals surface area (Å²) in [5.74, 6) is -0.360. The van der Waals surface area contributed by atoms with Crippen LogP contribution in [-0.2, 0) is 10.0 Å². The van der Waals surface area contributed by atoms with Gasteiger partial charge in [-0.05, 0) is 31.5 Å². The average Bonchev–Trinajstić information content (AvgIpc) is 2.51. The number of urea groups is 1. The summed E-state index contributed by atoms with van der Waals surface area (Å²) in [5.41, 5.74) is 1.19. The quantitative estimate of drug-likeness (QED) is 0.916. The van der Waals surface area contributed by atoms with Gasteiger partial charge in [0.1, 0.15) is 5.82 Å². The molecular weight excluding hydrogens is 309 g/mol. The molecule has 1 fully saturated rings. The van der Waals surface area contributed by atoms with E-state index in [0.29, 0.717) is 18.8 Å². The van der Waals surface area contributed by atoms with E-state index in [1.54, 1.807) is 19.9 Å². The van der Waals surface area contributed by atoms with Gasteiger partial charge >= 0.3 is 6.03 Å². The summed E-state index contributed by atoms with van der Waals surface area (Å²) < 4.78 is 38.2. The lowest BCUT2D eigenvalue weighted by Crippen LogP contribution is -2.51. The lowest BCUT2D eigenvalue weighted by molar-refractivity contribution is 0.184. The second kappa shape index (κ2) is 6.62. The number of aryl methyl sites for hydroxylation is 1. The maximum atomic E-state index is 13.2. The van der Waals surface area contributed by atoms with Crippen LogP contribution >= 0.6 is 0 Å². The molecule has 1 aliphatic heterocycles. The fourth-order valence-corrected chi connectivity index (χ4v) is 3.36. The van der Waals surface area contributed by atoms with Crippen LogP contribution in [0, 0.1) is 12.7 Å². The number of rotatable bonds is 3. The maximum absolute atomic E-state index is 13.2. The SMILES string of the molecule is CCS(=O)(=O)N1CCN(C(=O)Nc2cc(F)ccc2C)CC1. The number of carbonyl (C=O) groups excluding carboxylic acids is 1. The molecule has 0 spiro atoms. The van der Waals surface area contributed by atoms with E-state index in [1.165, 1.54) is 21.3 Å². The monoisotopic (exact) mass is 329 g/mol. The Morgan fingerprint density at radius 2 is 1.91 bits per heavy atom. The van der Waals surface area contributed by atoms with Crippen LogP contribution in [0.15, 0.2) is 18.2 Å². The van der Waals surface area contributed by atoms with Crippen LogP contribution in [0.25, 0.3) is 0 Å². The highest BCUT2D eigenvalue weighted by atomic mass is 32.2. The number of nitrogens with zero attached hydrogens (tertiary/aromatic N) is 2. The first-order valence-corrected chi connectivity index (χ1v) is 8.74. The number of amides is 2. The summed E-state index contributed by atoms with van der Waals surface area (Å²) >= 11 is 0. The third-order valence-electron chi connectivity index (χ3n) is 3.73. The Kier molecular flexibility index (Phi) is 5.02. The van der Waals surface area contributed by atoms with E-state index >= 15 is 0 Å². The predicted molar refractivity (Wildman–Crippen MR) is 82.8 cm³/mol. The highest BCUT2D eigenvalue weighted by Gasteiger charge is 2.27. The van der Waals surface area contributed by atoms with Gasteiger partial charge in [-0.15, -0.1) is 0 Å². The van der Waals surface area contributed by atoms with Gasteiger partial charge in [-0.3, -0.25) is 0 Å². The smallest absolute Gasteiger partial charge is 0.321 e. The Hall–Kier alpha value is -1.67. The van der Waals surface area contributed by atoms with E-state index in [-0.39, 0.29) is 24.9 Å². The Bertz CT molecular complexity index is 655. The van der Waals surface area contributed by atoms with Crippen molar-refractivity contribution in [3.8, 4) is 0 Å². The number of sulfonamides is 1. The molecule has 22 heavy (non-hydrogen) atoms. The minimum absolute atomic E-state index is 0.0572. The first kappa shape index (κ1) is 16.7. The van der Waals surface area contributed by atoms with Crippen molar-refractivity contribution in [2.24, 2.45) is 0 Å². The van der Waals surface area contributed by atoms with E-state index in [1.807, 2.05) is 0 Å². The van der Waals surface area contributed by atoms with Crippen LogP contribution in [-0.4, -0.2) is 55.6 Å². The lowest BCUT2D eigenvalue weighted by Gasteiger charge is -2.33. The zero-order valence-corrected chi connectivity index (χ0v) is 13.5. The molecule has 0 atom stereocenters. The van der Waals surface area contributed by atoms with Crippen LogP contribution < -0.4 is 5.32 Å². The fourth-order valence-electron chi connectivity index (χ4n) is 2.28. The molecular formula is C14H20FN3O3S. The maximum Gasteiger partial charge on any atom is 0.321 e. The minimum Gasteiger partial charge on any atom is -0.322 e. The number of benzene rings is 1. The number of nitrogens with one attached hydrogen (secondary N) is 1. The summed E-state index contributed by atoms with van der Waals surface area (Å²) in [6, 6.07) is 3.85. The zero-order valence-electron chi connectivity index (χ0n) is 12.7. The van der Waals surface area contributed by atoms with Gasteiger partial charge in [0.2, 0.25) is 10.0 Å². The van der Waals surface area contributed by atoms with Crippen molar-refractivity contribution in [1.82, 2.24) is 9.21 Å². The topological polar surface area (TPSA) is 69.7 Å². The molecule has 0 aliphatic carbocycles.